The van der Waals surface area contributed by atoms with E-state index in [1.807, 2.05) is 0 Å². The number of hydrogen-bond donors (Lipinski definition) is 2. The molecule has 1 aliphatic rings. The number of nitrogens with zero attached hydrogens (tertiary/aromatic N) is 2. The van der Waals surface area contributed by atoms with E-state index in [1.54, 1.807) is 6.92 Å². The fraction of sp³-hybridized carbons (Fsp3) is 0.440. The first kappa shape index (κ1) is 29.2. The van der Waals surface area contributed by atoms with Crippen molar-refractivity contribution in [1.82, 2.24) is 15.1 Å². The number of hydrogen-bond acceptors (Lipinski definition) is 3. The summed E-state index contributed by atoms with van der Waals surface area (Å²) < 4.78 is 93.2. The van der Waals surface area contributed by atoms with Crippen molar-refractivity contribution < 1.29 is 45.4 Å². The van der Waals surface area contributed by atoms with Gasteiger partial charge in [0, 0.05) is 26.2 Å². The molecule has 1 fully saturated rings. The monoisotopic (exact) mass is 549 g/mol. The molecule has 3 amide bonds. The largest absolute Gasteiger partial charge is 0.416 e. The van der Waals surface area contributed by atoms with Crippen molar-refractivity contribution in [2.45, 2.75) is 50.7 Å². The Morgan fingerprint density at radius 3 is 2.18 bits per heavy atom. The maximum Gasteiger partial charge on any atom is 0.416 e. The van der Waals surface area contributed by atoms with Crippen molar-refractivity contribution >= 4 is 11.9 Å². The third kappa shape index (κ3) is 6.94. The Kier molecular flexibility index (Phi) is 8.59. The minimum absolute atomic E-state index is 0.0180. The summed E-state index contributed by atoms with van der Waals surface area (Å²) in [5, 5.41) is 11.7. The number of aliphatic hydroxyl groups excluding tert-OH is 1. The summed E-state index contributed by atoms with van der Waals surface area (Å²) in [7, 11) is 1.25. The molecule has 6 nitrogen and oxygen atoms in total. The van der Waals surface area contributed by atoms with Crippen LogP contribution >= 0.6 is 0 Å². The molecular weight excluding hydrogens is 523 g/mol. The smallest absolute Gasteiger partial charge is 0.387 e. The summed E-state index contributed by atoms with van der Waals surface area (Å²) in [6.45, 7) is 0.431. The second-order valence-corrected chi connectivity index (χ2v) is 9.21. The number of rotatable bonds is 5. The van der Waals surface area contributed by atoms with E-state index in [9.17, 15) is 40.3 Å². The molecule has 2 N–H and O–H groups in total. The lowest BCUT2D eigenvalue weighted by Gasteiger charge is -2.42. The van der Waals surface area contributed by atoms with Gasteiger partial charge in [0.1, 0.15) is 12.4 Å². The summed E-state index contributed by atoms with van der Waals surface area (Å²) in [5.41, 5.74) is -2.25. The zero-order chi connectivity index (χ0) is 28.4. The van der Waals surface area contributed by atoms with Crippen molar-refractivity contribution in [3.8, 4) is 0 Å². The number of amides is 3. The van der Waals surface area contributed by atoms with Crippen LogP contribution in [-0.4, -0.2) is 53.1 Å². The number of nitrogens with one attached hydrogen (secondary N) is 1. The molecule has 0 aliphatic carbocycles. The van der Waals surface area contributed by atoms with E-state index in [1.165, 1.54) is 30.1 Å². The summed E-state index contributed by atoms with van der Waals surface area (Å²) in [6, 6.07) is 3.31. The highest BCUT2D eigenvalue weighted by Crippen LogP contribution is 2.37. The summed E-state index contributed by atoms with van der Waals surface area (Å²) >= 11 is 0. The number of alkyl halides is 6. The van der Waals surface area contributed by atoms with Gasteiger partial charge in [0.2, 0.25) is 5.91 Å². The first-order valence-corrected chi connectivity index (χ1v) is 11.6. The molecule has 0 radical (unpaired) electrons. The maximum atomic E-state index is 13.7. The number of piperidine rings is 1. The lowest BCUT2D eigenvalue weighted by atomic mass is 9.89. The van der Waals surface area contributed by atoms with Gasteiger partial charge in [-0.1, -0.05) is 6.07 Å². The van der Waals surface area contributed by atoms with Crippen LogP contribution in [0.5, 0.6) is 0 Å². The molecule has 13 heteroatoms. The van der Waals surface area contributed by atoms with Gasteiger partial charge in [-0.05, 0) is 66.8 Å². The van der Waals surface area contributed by atoms with Crippen LogP contribution < -0.4 is 5.32 Å². The minimum atomic E-state index is -5.02. The third-order valence-corrected chi connectivity index (χ3v) is 6.34. The van der Waals surface area contributed by atoms with E-state index in [0.29, 0.717) is 23.3 Å². The topological polar surface area (TPSA) is 72.9 Å². The second-order valence-electron chi connectivity index (χ2n) is 9.21. The Labute approximate surface area is 214 Å². The summed E-state index contributed by atoms with van der Waals surface area (Å²) in [4.78, 5) is 27.5. The zero-order valence-corrected chi connectivity index (χ0v) is 20.5. The van der Waals surface area contributed by atoms with E-state index in [0.717, 1.165) is 4.90 Å². The highest BCUT2D eigenvalue weighted by atomic mass is 19.4. The summed E-state index contributed by atoms with van der Waals surface area (Å²) in [6.07, 6.45) is -9.57. The Morgan fingerprint density at radius 2 is 1.66 bits per heavy atom. The predicted octanol–water partition coefficient (Wildman–Crippen LogP) is 5.04. The molecule has 2 atom stereocenters. The molecule has 38 heavy (non-hydrogen) atoms. The van der Waals surface area contributed by atoms with Gasteiger partial charge >= 0.3 is 18.4 Å². The first-order chi connectivity index (χ1) is 17.6. The molecule has 208 valence electrons. The standard InChI is InChI=1S/C25H26F7N3O3/c1-14-7-18(26)3-4-20(14)21-11-19(33-22(37)13-36)5-6-35(21)23(38)34(2)12-15-8-16(24(27,28)29)10-17(9-15)25(30,31)32/h3-4,7-10,19,21,36H,5-6,11-13H2,1-2H3,(H,33,37)/t19-,21-/m1/s1. The molecule has 2 aromatic rings. The molecule has 0 unspecified atom stereocenters. The number of aryl methyl sites for hydroxylation is 1. The minimum Gasteiger partial charge on any atom is -0.387 e. The lowest BCUT2D eigenvalue weighted by Crippen LogP contribution is -2.51. The average molecular weight is 549 g/mol. The number of aliphatic hydroxyl groups is 1. The SMILES string of the molecule is Cc1cc(F)ccc1[C@H]1C[C@H](NC(=O)CO)CCN1C(=O)N(C)Cc1cc(C(F)(F)F)cc(C(F)(F)F)c1. The van der Waals surface area contributed by atoms with Crippen LogP contribution in [0.4, 0.5) is 35.5 Å². The van der Waals surface area contributed by atoms with Gasteiger partial charge in [0.15, 0.2) is 0 Å². The number of benzene rings is 2. The number of carbonyl (C=O) groups excluding carboxylic acids is 2. The quantitative estimate of drug-likeness (QED) is 0.514. The van der Waals surface area contributed by atoms with Crippen LogP contribution in [0.25, 0.3) is 0 Å². The van der Waals surface area contributed by atoms with Crippen LogP contribution in [0.3, 0.4) is 0 Å². The van der Waals surface area contributed by atoms with Crippen molar-refractivity contribution in [2.75, 3.05) is 20.2 Å². The molecule has 2 aromatic carbocycles. The summed E-state index contributed by atoms with van der Waals surface area (Å²) in [5.74, 6) is -1.13. The highest BCUT2D eigenvalue weighted by Gasteiger charge is 2.38. The van der Waals surface area contributed by atoms with Crippen LogP contribution in [0.1, 0.15) is 46.7 Å². The van der Waals surface area contributed by atoms with Gasteiger partial charge < -0.3 is 20.2 Å². The molecular formula is C25H26F7N3O3. The third-order valence-electron chi connectivity index (χ3n) is 6.34. The van der Waals surface area contributed by atoms with Crippen molar-refractivity contribution in [3.05, 3.63) is 70.0 Å². The fourth-order valence-corrected chi connectivity index (χ4v) is 4.58. The molecule has 1 heterocycles. The van der Waals surface area contributed by atoms with Gasteiger partial charge in [-0.3, -0.25) is 4.79 Å². The van der Waals surface area contributed by atoms with E-state index in [2.05, 4.69) is 5.32 Å². The van der Waals surface area contributed by atoms with E-state index in [4.69, 9.17) is 5.11 Å². The van der Waals surface area contributed by atoms with Crippen molar-refractivity contribution in [2.24, 2.45) is 0 Å². The Hall–Kier alpha value is -3.35. The predicted molar refractivity (Wildman–Crippen MR) is 122 cm³/mol. The molecule has 0 spiro atoms. The van der Waals surface area contributed by atoms with E-state index >= 15 is 0 Å². The second kappa shape index (κ2) is 11.2. The van der Waals surface area contributed by atoms with Gasteiger partial charge in [0.25, 0.3) is 0 Å². The van der Waals surface area contributed by atoms with E-state index in [-0.39, 0.29) is 31.0 Å². The van der Waals surface area contributed by atoms with Crippen molar-refractivity contribution in [1.29, 1.82) is 0 Å². The normalized spacial score (nSPS) is 18.3. The Balaban J connectivity index is 1.90. The van der Waals surface area contributed by atoms with E-state index < -0.39 is 66.5 Å². The Bertz CT molecular complexity index is 1150. The molecule has 1 aliphatic heterocycles. The van der Waals surface area contributed by atoms with Crippen molar-refractivity contribution in [3.63, 3.8) is 0 Å². The lowest BCUT2D eigenvalue weighted by molar-refractivity contribution is -0.143. The van der Waals surface area contributed by atoms with Crippen LogP contribution in [-0.2, 0) is 23.7 Å². The zero-order valence-electron chi connectivity index (χ0n) is 20.5. The molecule has 0 aromatic heterocycles. The fourth-order valence-electron chi connectivity index (χ4n) is 4.58. The van der Waals surface area contributed by atoms with Crippen LogP contribution in [0.2, 0.25) is 0 Å². The first-order valence-electron chi connectivity index (χ1n) is 11.6. The van der Waals surface area contributed by atoms with Gasteiger partial charge in [-0.15, -0.1) is 0 Å². The van der Waals surface area contributed by atoms with Gasteiger partial charge in [0.05, 0.1) is 17.2 Å². The van der Waals surface area contributed by atoms with Gasteiger partial charge in [-0.25, -0.2) is 9.18 Å². The average Bonchev–Trinajstić information content (AvgIpc) is 2.82. The highest BCUT2D eigenvalue weighted by molar-refractivity contribution is 5.77. The maximum absolute atomic E-state index is 13.7. The molecule has 0 bridgehead atoms. The molecule has 1 saturated heterocycles. The van der Waals surface area contributed by atoms with Gasteiger partial charge in [-0.2, -0.15) is 26.3 Å². The Morgan fingerprint density at radius 1 is 1.05 bits per heavy atom. The number of likely N-dealkylation sites (tertiary alicyclic amines) is 1. The number of urea groups is 1. The number of halogens is 7. The van der Waals surface area contributed by atoms with Crippen LogP contribution in [0, 0.1) is 12.7 Å². The number of carbonyl (C=O) groups is 2. The molecule has 3 rings (SSSR count). The molecule has 0 saturated carbocycles. The van der Waals surface area contributed by atoms with Crippen LogP contribution in [0.15, 0.2) is 36.4 Å².